The highest BCUT2D eigenvalue weighted by molar-refractivity contribution is 5.81. The van der Waals surface area contributed by atoms with Crippen molar-refractivity contribution < 1.29 is 9.53 Å². The lowest BCUT2D eigenvalue weighted by molar-refractivity contribution is -0.146. The van der Waals surface area contributed by atoms with E-state index in [9.17, 15) is 4.79 Å². The molecule has 0 aromatic carbocycles. The van der Waals surface area contributed by atoms with Gasteiger partial charge in [-0.05, 0) is 39.0 Å². The number of hydrogen-bond donors (Lipinski definition) is 1. The smallest absolute Gasteiger partial charge is 0.252 e. The number of carbonyl (C=O) groups is 1. The molecule has 0 spiro atoms. The van der Waals surface area contributed by atoms with Crippen molar-refractivity contribution in [2.24, 2.45) is 5.73 Å². The molecule has 1 amide bonds. The van der Waals surface area contributed by atoms with Gasteiger partial charge in [-0.25, -0.2) is 0 Å². The van der Waals surface area contributed by atoms with Crippen LogP contribution in [0.5, 0.6) is 0 Å². The van der Waals surface area contributed by atoms with Gasteiger partial charge in [-0.15, -0.1) is 0 Å². The molecular weight excluding hydrogens is 204 g/mol. The lowest BCUT2D eigenvalue weighted by Crippen LogP contribution is -2.51. The Balaban J connectivity index is 1.96. The molecule has 3 unspecified atom stereocenters. The van der Waals surface area contributed by atoms with E-state index >= 15 is 0 Å². The molecule has 2 N–H and O–H groups in total. The van der Waals surface area contributed by atoms with Crippen LogP contribution in [0.3, 0.4) is 0 Å². The Labute approximate surface area is 97.1 Å². The average Bonchev–Trinajstić information content (AvgIpc) is 2.75. The molecule has 2 aliphatic heterocycles. The molecule has 0 aromatic rings. The van der Waals surface area contributed by atoms with E-state index < -0.39 is 0 Å². The van der Waals surface area contributed by atoms with Gasteiger partial charge in [-0.1, -0.05) is 0 Å². The molecule has 4 heteroatoms. The summed E-state index contributed by atoms with van der Waals surface area (Å²) in [6, 6.07) is 0.237. The molecule has 92 valence electrons. The van der Waals surface area contributed by atoms with Gasteiger partial charge >= 0.3 is 0 Å². The van der Waals surface area contributed by atoms with Gasteiger partial charge in [0.25, 0.3) is 5.91 Å². The quantitative estimate of drug-likeness (QED) is 0.761. The number of ether oxygens (including phenoxy) is 1. The van der Waals surface area contributed by atoms with E-state index in [2.05, 4.69) is 0 Å². The predicted octanol–water partition coefficient (Wildman–Crippen LogP) is 0.894. The van der Waals surface area contributed by atoms with E-state index in [1.807, 2.05) is 11.8 Å². The largest absolute Gasteiger partial charge is 0.365 e. The van der Waals surface area contributed by atoms with Crippen LogP contribution < -0.4 is 5.73 Å². The average molecular weight is 226 g/mol. The molecule has 4 nitrogen and oxygen atoms in total. The molecular formula is C12H22N2O2. The van der Waals surface area contributed by atoms with Crippen molar-refractivity contribution in [3.63, 3.8) is 0 Å². The second-order valence-corrected chi connectivity index (χ2v) is 4.93. The highest BCUT2D eigenvalue weighted by Gasteiger charge is 2.35. The third kappa shape index (κ3) is 2.38. The van der Waals surface area contributed by atoms with E-state index in [4.69, 9.17) is 10.5 Å². The van der Waals surface area contributed by atoms with Crippen LogP contribution in [-0.2, 0) is 9.53 Å². The lowest BCUT2D eigenvalue weighted by atomic mass is 10.0. The van der Waals surface area contributed by atoms with Crippen LogP contribution in [-0.4, -0.2) is 42.1 Å². The SMILES string of the molecule is CC1CCC(C(=O)N2CCCCC2CN)O1. The molecule has 0 aliphatic carbocycles. The Morgan fingerprint density at radius 3 is 2.81 bits per heavy atom. The van der Waals surface area contributed by atoms with Crippen LogP contribution in [0.1, 0.15) is 39.0 Å². The fourth-order valence-corrected chi connectivity index (χ4v) is 2.70. The van der Waals surface area contributed by atoms with Gasteiger partial charge in [-0.2, -0.15) is 0 Å². The third-order valence-corrected chi connectivity index (χ3v) is 3.69. The van der Waals surface area contributed by atoms with Gasteiger partial charge in [0.1, 0.15) is 6.10 Å². The van der Waals surface area contributed by atoms with Crippen molar-refractivity contribution in [2.45, 2.75) is 57.3 Å². The second-order valence-electron chi connectivity index (χ2n) is 4.93. The standard InChI is InChI=1S/C12H22N2O2/c1-9-5-6-11(16-9)12(15)14-7-3-2-4-10(14)8-13/h9-11H,2-8,13H2,1H3. The summed E-state index contributed by atoms with van der Waals surface area (Å²) >= 11 is 0. The van der Waals surface area contributed by atoms with Gasteiger partial charge in [0.15, 0.2) is 0 Å². The van der Waals surface area contributed by atoms with Gasteiger partial charge in [0.05, 0.1) is 6.10 Å². The minimum atomic E-state index is -0.206. The normalized spacial score (nSPS) is 35.4. The third-order valence-electron chi connectivity index (χ3n) is 3.69. The summed E-state index contributed by atoms with van der Waals surface area (Å²) in [6.45, 7) is 3.47. The maximum atomic E-state index is 12.3. The molecule has 3 atom stereocenters. The topological polar surface area (TPSA) is 55.6 Å². The van der Waals surface area contributed by atoms with Crippen LogP contribution in [0.15, 0.2) is 0 Å². The first kappa shape index (κ1) is 11.9. The molecule has 2 fully saturated rings. The summed E-state index contributed by atoms with van der Waals surface area (Å²) in [7, 11) is 0. The fraction of sp³-hybridized carbons (Fsp3) is 0.917. The van der Waals surface area contributed by atoms with Crippen LogP contribution in [0.4, 0.5) is 0 Å². The first-order valence-corrected chi connectivity index (χ1v) is 6.38. The van der Waals surface area contributed by atoms with E-state index in [-0.39, 0.29) is 24.2 Å². The lowest BCUT2D eigenvalue weighted by Gasteiger charge is -2.36. The number of carbonyl (C=O) groups excluding carboxylic acids is 1. The summed E-state index contributed by atoms with van der Waals surface area (Å²) in [5.41, 5.74) is 5.72. The van der Waals surface area contributed by atoms with Crippen LogP contribution in [0.25, 0.3) is 0 Å². The Hall–Kier alpha value is -0.610. The van der Waals surface area contributed by atoms with Gasteiger partial charge in [0.2, 0.25) is 0 Å². The first-order valence-electron chi connectivity index (χ1n) is 6.38. The Morgan fingerprint density at radius 2 is 2.19 bits per heavy atom. The summed E-state index contributed by atoms with van der Waals surface area (Å²) in [5.74, 6) is 0.166. The van der Waals surface area contributed by atoms with Crippen molar-refractivity contribution >= 4 is 5.91 Å². The molecule has 2 aliphatic rings. The zero-order valence-electron chi connectivity index (χ0n) is 10.0. The number of rotatable bonds is 2. The highest BCUT2D eigenvalue weighted by atomic mass is 16.5. The van der Waals surface area contributed by atoms with Crippen molar-refractivity contribution in [1.82, 2.24) is 4.90 Å². The predicted molar refractivity (Wildman–Crippen MR) is 62.0 cm³/mol. The number of amides is 1. The molecule has 2 saturated heterocycles. The second kappa shape index (κ2) is 5.15. The van der Waals surface area contributed by atoms with Gasteiger partial charge < -0.3 is 15.4 Å². The number of hydrogen-bond acceptors (Lipinski definition) is 3. The minimum Gasteiger partial charge on any atom is -0.365 e. The highest BCUT2D eigenvalue weighted by Crippen LogP contribution is 2.24. The molecule has 0 bridgehead atoms. The van der Waals surface area contributed by atoms with Crippen molar-refractivity contribution in [3.8, 4) is 0 Å². The summed E-state index contributed by atoms with van der Waals surface area (Å²) in [6.07, 6.45) is 5.23. The van der Waals surface area contributed by atoms with E-state index in [0.717, 1.165) is 32.2 Å². The van der Waals surface area contributed by atoms with Crippen LogP contribution in [0, 0.1) is 0 Å². The van der Waals surface area contributed by atoms with Crippen molar-refractivity contribution in [3.05, 3.63) is 0 Å². The fourth-order valence-electron chi connectivity index (χ4n) is 2.70. The Kier molecular flexibility index (Phi) is 3.82. The maximum absolute atomic E-state index is 12.3. The number of likely N-dealkylation sites (tertiary alicyclic amines) is 1. The molecule has 16 heavy (non-hydrogen) atoms. The van der Waals surface area contributed by atoms with Crippen molar-refractivity contribution in [1.29, 1.82) is 0 Å². The first-order chi connectivity index (χ1) is 7.72. The Bertz CT molecular complexity index is 257. The zero-order valence-corrected chi connectivity index (χ0v) is 10.0. The Morgan fingerprint density at radius 1 is 1.38 bits per heavy atom. The molecule has 0 saturated carbocycles. The zero-order chi connectivity index (χ0) is 11.5. The minimum absolute atomic E-state index is 0.166. The van der Waals surface area contributed by atoms with E-state index in [0.29, 0.717) is 6.54 Å². The summed E-state index contributed by atoms with van der Waals surface area (Å²) < 4.78 is 5.64. The van der Waals surface area contributed by atoms with Gasteiger partial charge in [0, 0.05) is 19.1 Å². The van der Waals surface area contributed by atoms with Crippen LogP contribution >= 0.6 is 0 Å². The monoisotopic (exact) mass is 226 g/mol. The number of piperidine rings is 1. The number of nitrogens with two attached hydrogens (primary N) is 1. The maximum Gasteiger partial charge on any atom is 0.252 e. The number of nitrogens with zero attached hydrogens (tertiary/aromatic N) is 1. The molecule has 0 aromatic heterocycles. The molecule has 0 radical (unpaired) electrons. The molecule has 2 heterocycles. The van der Waals surface area contributed by atoms with Crippen molar-refractivity contribution in [2.75, 3.05) is 13.1 Å². The van der Waals surface area contributed by atoms with E-state index in [1.54, 1.807) is 0 Å². The summed E-state index contributed by atoms with van der Waals surface area (Å²) in [4.78, 5) is 14.2. The van der Waals surface area contributed by atoms with Crippen LogP contribution in [0.2, 0.25) is 0 Å². The summed E-state index contributed by atoms with van der Waals surface area (Å²) in [5, 5.41) is 0. The van der Waals surface area contributed by atoms with Gasteiger partial charge in [-0.3, -0.25) is 4.79 Å². The molecule has 2 rings (SSSR count). The van der Waals surface area contributed by atoms with E-state index in [1.165, 1.54) is 6.42 Å².